The van der Waals surface area contributed by atoms with Crippen LogP contribution >= 0.6 is 15.9 Å². The molecule has 3 aromatic rings. The molecule has 0 radical (unpaired) electrons. The van der Waals surface area contributed by atoms with Crippen LogP contribution in [0.25, 0.3) is 10.9 Å². The van der Waals surface area contributed by atoms with Crippen LogP contribution in [-0.2, 0) is 11.3 Å². The van der Waals surface area contributed by atoms with E-state index in [2.05, 4.69) is 26.2 Å². The molecule has 27 heavy (non-hydrogen) atoms. The number of aromatic nitrogens is 2. The highest BCUT2D eigenvalue weighted by molar-refractivity contribution is 9.10. The van der Waals surface area contributed by atoms with Crippen LogP contribution in [0.1, 0.15) is 6.42 Å². The number of rotatable bonds is 6. The first-order valence-corrected chi connectivity index (χ1v) is 8.97. The van der Waals surface area contributed by atoms with Gasteiger partial charge < -0.3 is 14.8 Å². The topological polar surface area (TPSA) is 82.5 Å². The van der Waals surface area contributed by atoms with Crippen molar-refractivity contribution in [2.45, 2.75) is 13.0 Å². The van der Waals surface area contributed by atoms with E-state index < -0.39 is 0 Å². The Kier molecular flexibility index (Phi) is 5.75. The number of methoxy groups -OCH3 is 2. The van der Waals surface area contributed by atoms with E-state index in [-0.39, 0.29) is 24.4 Å². The van der Waals surface area contributed by atoms with Gasteiger partial charge in [0.15, 0.2) is 0 Å². The quantitative estimate of drug-likeness (QED) is 0.647. The van der Waals surface area contributed by atoms with Gasteiger partial charge in [-0.15, -0.1) is 0 Å². The van der Waals surface area contributed by atoms with Gasteiger partial charge in [-0.2, -0.15) is 0 Å². The molecule has 0 bridgehead atoms. The van der Waals surface area contributed by atoms with Crippen LogP contribution in [0.2, 0.25) is 0 Å². The fourth-order valence-corrected chi connectivity index (χ4v) is 2.98. The molecule has 0 aliphatic carbocycles. The second-order valence-corrected chi connectivity index (χ2v) is 6.72. The molecule has 7 nitrogen and oxygen atoms in total. The summed E-state index contributed by atoms with van der Waals surface area (Å²) in [5.41, 5.74) is 0.994. The van der Waals surface area contributed by atoms with E-state index in [0.717, 1.165) is 4.47 Å². The number of ether oxygens (including phenoxy) is 2. The van der Waals surface area contributed by atoms with E-state index in [1.165, 1.54) is 25.1 Å². The Morgan fingerprint density at radius 1 is 1.15 bits per heavy atom. The molecule has 0 aliphatic rings. The summed E-state index contributed by atoms with van der Waals surface area (Å²) in [5.74, 6) is 0.918. The van der Waals surface area contributed by atoms with Crippen molar-refractivity contribution in [2.75, 3.05) is 19.5 Å². The van der Waals surface area contributed by atoms with Gasteiger partial charge in [0.25, 0.3) is 5.56 Å². The maximum Gasteiger partial charge on any atom is 0.261 e. The molecule has 1 amide bonds. The van der Waals surface area contributed by atoms with Crippen molar-refractivity contribution < 1.29 is 14.3 Å². The van der Waals surface area contributed by atoms with Crippen molar-refractivity contribution in [3.05, 3.63) is 57.6 Å². The van der Waals surface area contributed by atoms with Gasteiger partial charge in [-0.25, -0.2) is 4.98 Å². The van der Waals surface area contributed by atoms with Crippen molar-refractivity contribution in [1.82, 2.24) is 9.55 Å². The van der Waals surface area contributed by atoms with Gasteiger partial charge in [0, 0.05) is 41.3 Å². The highest BCUT2D eigenvalue weighted by atomic mass is 79.9. The second-order valence-electron chi connectivity index (χ2n) is 5.80. The summed E-state index contributed by atoms with van der Waals surface area (Å²) < 4.78 is 12.6. The molecular weight excluding hydrogens is 414 g/mol. The summed E-state index contributed by atoms with van der Waals surface area (Å²) in [7, 11) is 3.08. The minimum Gasteiger partial charge on any atom is -0.497 e. The van der Waals surface area contributed by atoms with E-state index in [4.69, 9.17) is 9.47 Å². The third-order valence-corrected chi connectivity index (χ3v) is 4.49. The predicted octanol–water partition coefficient (Wildman–Crippen LogP) is 3.21. The maximum absolute atomic E-state index is 12.6. The van der Waals surface area contributed by atoms with Crippen molar-refractivity contribution in [3.8, 4) is 11.5 Å². The highest BCUT2D eigenvalue weighted by Crippen LogP contribution is 2.25. The van der Waals surface area contributed by atoms with Crippen LogP contribution < -0.4 is 20.3 Å². The monoisotopic (exact) mass is 431 g/mol. The summed E-state index contributed by atoms with van der Waals surface area (Å²) in [4.78, 5) is 29.1. The number of carbonyl (C=O) groups excluding carboxylic acids is 1. The summed E-state index contributed by atoms with van der Waals surface area (Å²) in [5, 5.41) is 3.29. The number of anilines is 1. The van der Waals surface area contributed by atoms with E-state index in [1.54, 1.807) is 30.3 Å². The molecule has 0 aliphatic heterocycles. The van der Waals surface area contributed by atoms with Crippen molar-refractivity contribution in [2.24, 2.45) is 0 Å². The van der Waals surface area contributed by atoms with Gasteiger partial charge in [-0.05, 0) is 18.2 Å². The van der Waals surface area contributed by atoms with Crippen LogP contribution in [0.4, 0.5) is 5.69 Å². The number of carbonyl (C=O) groups is 1. The first kappa shape index (κ1) is 18.9. The fraction of sp³-hybridized carbons (Fsp3) is 0.211. The Labute approximate surface area is 164 Å². The third kappa shape index (κ3) is 4.46. The number of hydrogen-bond donors (Lipinski definition) is 1. The van der Waals surface area contributed by atoms with Crippen LogP contribution in [0.15, 0.2) is 52.0 Å². The number of fused-ring (bicyclic) bond motifs is 1. The largest absolute Gasteiger partial charge is 0.497 e. The Bertz CT molecular complexity index is 1030. The number of hydrogen-bond acceptors (Lipinski definition) is 5. The number of nitrogens with zero attached hydrogens (tertiary/aromatic N) is 2. The maximum atomic E-state index is 12.6. The Morgan fingerprint density at radius 2 is 1.85 bits per heavy atom. The van der Waals surface area contributed by atoms with Gasteiger partial charge in [0.1, 0.15) is 11.5 Å². The van der Waals surface area contributed by atoms with E-state index in [9.17, 15) is 9.59 Å². The first-order valence-electron chi connectivity index (χ1n) is 8.18. The SMILES string of the molecule is COc1cc(NC(=O)CCn2cnc3ccc(Br)cc3c2=O)cc(OC)c1. The zero-order valence-corrected chi connectivity index (χ0v) is 16.4. The Balaban J connectivity index is 1.72. The number of benzene rings is 2. The average molecular weight is 432 g/mol. The van der Waals surface area contributed by atoms with Gasteiger partial charge >= 0.3 is 0 Å². The van der Waals surface area contributed by atoms with E-state index in [1.807, 2.05) is 6.07 Å². The van der Waals surface area contributed by atoms with Crippen LogP contribution in [0.3, 0.4) is 0 Å². The van der Waals surface area contributed by atoms with Crippen LogP contribution in [0, 0.1) is 0 Å². The third-order valence-electron chi connectivity index (χ3n) is 4.00. The number of amides is 1. The molecule has 0 fully saturated rings. The highest BCUT2D eigenvalue weighted by Gasteiger charge is 2.09. The molecule has 1 heterocycles. The van der Waals surface area contributed by atoms with Crippen LogP contribution in [0.5, 0.6) is 11.5 Å². The molecule has 3 rings (SSSR count). The number of nitrogens with one attached hydrogen (secondary N) is 1. The summed E-state index contributed by atoms with van der Waals surface area (Å²) in [6, 6.07) is 10.4. The minimum atomic E-state index is -0.230. The van der Waals surface area contributed by atoms with Gasteiger partial charge in [0.05, 0.1) is 31.4 Å². The van der Waals surface area contributed by atoms with E-state index >= 15 is 0 Å². The summed E-state index contributed by atoms with van der Waals surface area (Å²) in [6.07, 6.45) is 1.58. The zero-order chi connectivity index (χ0) is 19.4. The van der Waals surface area contributed by atoms with Crippen LogP contribution in [-0.4, -0.2) is 29.7 Å². The average Bonchev–Trinajstić information content (AvgIpc) is 2.67. The van der Waals surface area contributed by atoms with Gasteiger partial charge in [-0.1, -0.05) is 15.9 Å². The lowest BCUT2D eigenvalue weighted by Crippen LogP contribution is -2.23. The van der Waals surface area contributed by atoms with Crippen molar-refractivity contribution in [1.29, 1.82) is 0 Å². The van der Waals surface area contributed by atoms with Gasteiger partial charge in [0.2, 0.25) is 5.91 Å². The molecule has 0 atom stereocenters. The first-order chi connectivity index (χ1) is 13.0. The van der Waals surface area contributed by atoms with Gasteiger partial charge in [-0.3, -0.25) is 14.2 Å². The summed E-state index contributed by atoms with van der Waals surface area (Å²) in [6.45, 7) is 0.223. The number of aryl methyl sites for hydroxylation is 1. The lowest BCUT2D eigenvalue weighted by molar-refractivity contribution is -0.116. The molecule has 140 valence electrons. The lowest BCUT2D eigenvalue weighted by atomic mass is 10.2. The van der Waals surface area contributed by atoms with Crippen molar-refractivity contribution in [3.63, 3.8) is 0 Å². The second kappa shape index (κ2) is 8.22. The number of halogens is 1. The van der Waals surface area contributed by atoms with E-state index in [0.29, 0.717) is 28.1 Å². The molecule has 1 aromatic heterocycles. The molecule has 8 heteroatoms. The standard InChI is InChI=1S/C19H18BrN3O4/c1-26-14-8-13(9-15(10-14)27-2)22-18(24)5-6-23-11-21-17-4-3-12(20)7-16(17)19(23)25/h3-4,7-11H,5-6H2,1-2H3,(H,22,24). The smallest absolute Gasteiger partial charge is 0.261 e. The molecular formula is C19H18BrN3O4. The summed E-state index contributed by atoms with van der Waals surface area (Å²) >= 11 is 3.35. The lowest BCUT2D eigenvalue weighted by Gasteiger charge is -2.10. The fourth-order valence-electron chi connectivity index (χ4n) is 2.62. The molecule has 2 aromatic carbocycles. The Morgan fingerprint density at radius 3 is 2.52 bits per heavy atom. The Hall–Kier alpha value is -2.87. The molecule has 0 unspecified atom stereocenters. The normalized spacial score (nSPS) is 10.6. The van der Waals surface area contributed by atoms with Crippen molar-refractivity contribution >= 4 is 38.4 Å². The molecule has 0 saturated heterocycles. The molecule has 1 N–H and O–H groups in total. The minimum absolute atomic E-state index is 0.126. The zero-order valence-electron chi connectivity index (χ0n) is 14.9. The predicted molar refractivity (Wildman–Crippen MR) is 106 cm³/mol. The molecule has 0 saturated carbocycles. The molecule has 0 spiro atoms.